The van der Waals surface area contributed by atoms with Crippen LogP contribution in [0.5, 0.6) is 5.75 Å². The van der Waals surface area contributed by atoms with E-state index in [-0.39, 0.29) is 11.7 Å². The maximum atomic E-state index is 11.4. The van der Waals surface area contributed by atoms with Crippen molar-refractivity contribution in [3.63, 3.8) is 0 Å². The van der Waals surface area contributed by atoms with E-state index in [1.807, 2.05) is 6.07 Å². The van der Waals surface area contributed by atoms with Crippen LogP contribution in [0, 0.1) is 5.41 Å². The molecule has 1 aliphatic carbocycles. The Balaban J connectivity index is 2.47. The van der Waals surface area contributed by atoms with Crippen LogP contribution in [0.15, 0.2) is 18.2 Å². The molecule has 17 heavy (non-hydrogen) atoms. The van der Waals surface area contributed by atoms with Crippen LogP contribution < -0.4 is 0 Å². The molecule has 0 saturated carbocycles. The molecule has 0 amide bonds. The minimum Gasteiger partial charge on any atom is -0.508 e. The van der Waals surface area contributed by atoms with Gasteiger partial charge in [-0.25, -0.2) is 0 Å². The molecule has 1 aliphatic rings. The molecule has 2 rings (SSSR count). The summed E-state index contributed by atoms with van der Waals surface area (Å²) in [6.07, 6.45) is 2.86. The first-order valence-corrected chi connectivity index (χ1v) is 5.98. The van der Waals surface area contributed by atoms with Gasteiger partial charge in [-0.1, -0.05) is 6.07 Å². The zero-order chi connectivity index (χ0) is 12.6. The second kappa shape index (κ2) is 4.06. The normalized spacial score (nSPS) is 19.8. The number of rotatable bonds is 2. The number of carboxylic acid groups (broad SMARTS) is 1. The molecule has 0 saturated heterocycles. The van der Waals surface area contributed by atoms with Gasteiger partial charge in [-0.05, 0) is 62.3 Å². The molecule has 1 unspecified atom stereocenters. The average molecular weight is 234 g/mol. The topological polar surface area (TPSA) is 57.5 Å². The number of phenolic OH excluding ortho intramolecular Hbond substituents is 1. The number of hydrogen-bond donors (Lipinski definition) is 2. The Morgan fingerprint density at radius 1 is 1.41 bits per heavy atom. The Morgan fingerprint density at radius 2 is 2.12 bits per heavy atom. The number of benzene rings is 1. The van der Waals surface area contributed by atoms with Gasteiger partial charge in [0.2, 0.25) is 0 Å². The fraction of sp³-hybridized carbons (Fsp3) is 0.500. The minimum absolute atomic E-state index is 0.0177. The Labute approximate surface area is 101 Å². The summed E-state index contributed by atoms with van der Waals surface area (Å²) in [5, 5.41) is 18.9. The van der Waals surface area contributed by atoms with Crippen molar-refractivity contribution >= 4 is 5.97 Å². The third-order valence-electron chi connectivity index (χ3n) is 3.87. The number of carbonyl (C=O) groups is 1. The third-order valence-corrected chi connectivity index (χ3v) is 3.87. The summed E-state index contributed by atoms with van der Waals surface area (Å²) < 4.78 is 0. The van der Waals surface area contributed by atoms with Gasteiger partial charge in [-0.2, -0.15) is 0 Å². The van der Waals surface area contributed by atoms with Gasteiger partial charge in [0.25, 0.3) is 0 Å². The van der Waals surface area contributed by atoms with Gasteiger partial charge in [0, 0.05) is 0 Å². The molecular formula is C14H18O3. The number of aryl methyl sites for hydroxylation is 1. The second-order valence-electron chi connectivity index (χ2n) is 5.35. The quantitative estimate of drug-likeness (QED) is 0.827. The first kappa shape index (κ1) is 12.0. The number of phenols is 1. The van der Waals surface area contributed by atoms with Crippen molar-refractivity contribution < 1.29 is 15.0 Å². The van der Waals surface area contributed by atoms with Gasteiger partial charge in [-0.15, -0.1) is 0 Å². The lowest BCUT2D eigenvalue weighted by Crippen LogP contribution is -2.33. The highest BCUT2D eigenvalue weighted by Crippen LogP contribution is 2.44. The van der Waals surface area contributed by atoms with Crippen LogP contribution in [-0.2, 0) is 11.2 Å². The van der Waals surface area contributed by atoms with Crippen molar-refractivity contribution in [3.05, 3.63) is 29.3 Å². The Morgan fingerprint density at radius 3 is 2.76 bits per heavy atom. The van der Waals surface area contributed by atoms with E-state index in [0.717, 1.165) is 24.8 Å². The molecule has 3 heteroatoms. The Hall–Kier alpha value is -1.51. The van der Waals surface area contributed by atoms with Gasteiger partial charge < -0.3 is 10.2 Å². The lowest BCUT2D eigenvalue weighted by Gasteiger charge is -2.35. The number of aromatic hydroxyl groups is 1. The molecule has 0 spiro atoms. The summed E-state index contributed by atoms with van der Waals surface area (Å²) in [7, 11) is 0. The molecule has 0 bridgehead atoms. The monoisotopic (exact) mass is 234 g/mol. The molecule has 1 aromatic rings. The highest BCUT2D eigenvalue weighted by Gasteiger charge is 2.39. The SMILES string of the molecule is CC(C)(C(=O)O)C1CCCc2ccc(O)cc21. The summed E-state index contributed by atoms with van der Waals surface area (Å²) in [5.41, 5.74) is 1.39. The van der Waals surface area contributed by atoms with Crippen LogP contribution in [0.2, 0.25) is 0 Å². The van der Waals surface area contributed by atoms with E-state index >= 15 is 0 Å². The smallest absolute Gasteiger partial charge is 0.309 e. The third kappa shape index (κ3) is 2.02. The maximum Gasteiger partial charge on any atom is 0.309 e. The van der Waals surface area contributed by atoms with Crippen molar-refractivity contribution in [1.82, 2.24) is 0 Å². The van der Waals surface area contributed by atoms with Crippen LogP contribution >= 0.6 is 0 Å². The standard InChI is InChI=1S/C14H18O3/c1-14(2,13(16)17)12-5-3-4-9-6-7-10(15)8-11(9)12/h6-8,12,15H,3-5H2,1-2H3,(H,16,17). The predicted molar refractivity (Wildman–Crippen MR) is 65.2 cm³/mol. The van der Waals surface area contributed by atoms with Crippen molar-refractivity contribution in [2.45, 2.75) is 39.0 Å². The van der Waals surface area contributed by atoms with Gasteiger partial charge in [0.15, 0.2) is 0 Å². The zero-order valence-corrected chi connectivity index (χ0v) is 10.2. The van der Waals surface area contributed by atoms with Gasteiger partial charge in [0.05, 0.1) is 5.41 Å². The van der Waals surface area contributed by atoms with E-state index in [4.69, 9.17) is 0 Å². The number of aliphatic carboxylic acids is 1. The Kier molecular flexibility index (Phi) is 2.86. The maximum absolute atomic E-state index is 11.4. The second-order valence-corrected chi connectivity index (χ2v) is 5.35. The van der Waals surface area contributed by atoms with Crippen molar-refractivity contribution in [2.24, 2.45) is 5.41 Å². The van der Waals surface area contributed by atoms with E-state index in [2.05, 4.69) is 0 Å². The molecule has 0 heterocycles. The number of carboxylic acids is 1. The zero-order valence-electron chi connectivity index (χ0n) is 10.2. The number of fused-ring (bicyclic) bond motifs is 1. The van der Waals surface area contributed by atoms with E-state index < -0.39 is 11.4 Å². The molecule has 2 N–H and O–H groups in total. The lowest BCUT2D eigenvalue weighted by atomic mass is 9.68. The van der Waals surface area contributed by atoms with Crippen molar-refractivity contribution in [2.75, 3.05) is 0 Å². The number of hydrogen-bond acceptors (Lipinski definition) is 2. The highest BCUT2D eigenvalue weighted by molar-refractivity contribution is 5.75. The minimum atomic E-state index is -0.789. The fourth-order valence-electron chi connectivity index (χ4n) is 2.69. The summed E-state index contributed by atoms with van der Waals surface area (Å²) in [6, 6.07) is 5.31. The molecule has 3 nitrogen and oxygen atoms in total. The average Bonchev–Trinajstić information content (AvgIpc) is 2.27. The van der Waals surface area contributed by atoms with Crippen LogP contribution in [0.4, 0.5) is 0 Å². The van der Waals surface area contributed by atoms with E-state index in [1.54, 1.807) is 26.0 Å². The van der Waals surface area contributed by atoms with Crippen LogP contribution in [0.25, 0.3) is 0 Å². The molecule has 0 radical (unpaired) electrons. The molecule has 0 aromatic heterocycles. The first-order chi connectivity index (χ1) is 7.93. The molecule has 1 atom stereocenters. The van der Waals surface area contributed by atoms with E-state index in [9.17, 15) is 15.0 Å². The van der Waals surface area contributed by atoms with Crippen LogP contribution in [0.3, 0.4) is 0 Å². The summed E-state index contributed by atoms with van der Waals surface area (Å²) >= 11 is 0. The molecule has 1 aromatic carbocycles. The molecular weight excluding hydrogens is 216 g/mol. The van der Waals surface area contributed by atoms with Crippen molar-refractivity contribution in [1.29, 1.82) is 0 Å². The summed E-state index contributed by atoms with van der Waals surface area (Å²) in [6.45, 7) is 3.53. The van der Waals surface area contributed by atoms with Crippen molar-refractivity contribution in [3.8, 4) is 5.75 Å². The summed E-state index contributed by atoms with van der Waals surface area (Å²) in [5.74, 6) is -0.577. The Bertz CT molecular complexity index is 449. The fourth-order valence-corrected chi connectivity index (χ4v) is 2.69. The molecule has 0 fully saturated rings. The van der Waals surface area contributed by atoms with Crippen LogP contribution in [0.1, 0.15) is 43.7 Å². The largest absolute Gasteiger partial charge is 0.508 e. The highest BCUT2D eigenvalue weighted by atomic mass is 16.4. The summed E-state index contributed by atoms with van der Waals surface area (Å²) in [4.78, 5) is 11.4. The van der Waals surface area contributed by atoms with E-state index in [0.29, 0.717) is 0 Å². The van der Waals surface area contributed by atoms with E-state index in [1.165, 1.54) is 5.56 Å². The predicted octanol–water partition coefficient (Wildman–Crippen LogP) is 2.92. The molecule has 92 valence electrons. The first-order valence-electron chi connectivity index (χ1n) is 5.98. The van der Waals surface area contributed by atoms with Crippen LogP contribution in [-0.4, -0.2) is 16.2 Å². The van der Waals surface area contributed by atoms with Gasteiger partial charge in [-0.3, -0.25) is 4.79 Å². The van der Waals surface area contributed by atoms with Gasteiger partial charge in [0.1, 0.15) is 5.75 Å². The lowest BCUT2D eigenvalue weighted by molar-refractivity contribution is -0.148. The van der Waals surface area contributed by atoms with Gasteiger partial charge >= 0.3 is 5.97 Å². The molecule has 0 aliphatic heterocycles.